The molecule has 1 fully saturated rings. The molecule has 0 aromatic rings. The van der Waals surface area contributed by atoms with Crippen LogP contribution in [0.15, 0.2) is 0 Å². The standard InChI is InChI=1S/C15H32N2/c1-5-7-8-11-17(13(3)4)12-15(16-6-2)14-9-10-14/h13-16H,5-12H2,1-4H3. The van der Waals surface area contributed by atoms with Gasteiger partial charge >= 0.3 is 0 Å². The number of nitrogens with zero attached hydrogens (tertiary/aromatic N) is 1. The lowest BCUT2D eigenvalue weighted by Gasteiger charge is -2.31. The zero-order valence-corrected chi connectivity index (χ0v) is 12.3. The molecule has 0 aromatic heterocycles. The van der Waals surface area contributed by atoms with Crippen molar-refractivity contribution in [2.75, 3.05) is 19.6 Å². The molecule has 0 aliphatic heterocycles. The molecular weight excluding hydrogens is 208 g/mol. The van der Waals surface area contributed by atoms with Gasteiger partial charge in [0.05, 0.1) is 0 Å². The number of unbranched alkanes of at least 4 members (excludes halogenated alkanes) is 2. The van der Waals surface area contributed by atoms with Gasteiger partial charge in [0.1, 0.15) is 0 Å². The largest absolute Gasteiger partial charge is 0.313 e. The van der Waals surface area contributed by atoms with Crippen molar-refractivity contribution in [3.63, 3.8) is 0 Å². The molecule has 0 saturated heterocycles. The molecule has 0 heterocycles. The maximum Gasteiger partial charge on any atom is 0.0223 e. The van der Waals surface area contributed by atoms with Crippen LogP contribution in [0.1, 0.15) is 59.8 Å². The van der Waals surface area contributed by atoms with Gasteiger partial charge in [-0.2, -0.15) is 0 Å². The third kappa shape index (κ3) is 5.87. The minimum absolute atomic E-state index is 0.687. The molecule has 0 spiro atoms. The van der Waals surface area contributed by atoms with E-state index in [1.54, 1.807) is 0 Å². The van der Waals surface area contributed by atoms with Gasteiger partial charge in [-0.3, -0.25) is 4.90 Å². The first-order chi connectivity index (χ1) is 8.19. The summed E-state index contributed by atoms with van der Waals surface area (Å²) in [6, 6.07) is 1.43. The normalized spacial score (nSPS) is 18.0. The summed E-state index contributed by atoms with van der Waals surface area (Å²) in [4.78, 5) is 2.67. The van der Waals surface area contributed by atoms with Gasteiger partial charge in [0, 0.05) is 18.6 Å². The van der Waals surface area contributed by atoms with E-state index in [0.29, 0.717) is 6.04 Å². The lowest BCUT2D eigenvalue weighted by molar-refractivity contribution is 0.186. The number of likely N-dealkylation sites (N-methyl/N-ethyl adjacent to an activating group) is 1. The van der Waals surface area contributed by atoms with Crippen molar-refractivity contribution in [2.45, 2.75) is 71.9 Å². The lowest BCUT2D eigenvalue weighted by atomic mass is 10.1. The Morgan fingerprint density at radius 2 is 1.88 bits per heavy atom. The Hall–Kier alpha value is -0.0800. The molecule has 2 nitrogen and oxygen atoms in total. The van der Waals surface area contributed by atoms with Gasteiger partial charge < -0.3 is 5.32 Å². The zero-order chi connectivity index (χ0) is 12.7. The zero-order valence-electron chi connectivity index (χ0n) is 12.3. The van der Waals surface area contributed by atoms with E-state index in [9.17, 15) is 0 Å². The van der Waals surface area contributed by atoms with E-state index < -0.39 is 0 Å². The van der Waals surface area contributed by atoms with Gasteiger partial charge in [0.15, 0.2) is 0 Å². The van der Waals surface area contributed by atoms with Crippen LogP contribution in [0.4, 0.5) is 0 Å². The van der Waals surface area contributed by atoms with Gasteiger partial charge in [0.2, 0.25) is 0 Å². The van der Waals surface area contributed by atoms with E-state index in [-0.39, 0.29) is 0 Å². The Kier molecular flexibility index (Phi) is 7.14. The molecule has 1 unspecified atom stereocenters. The topological polar surface area (TPSA) is 15.3 Å². The van der Waals surface area contributed by atoms with Crippen LogP contribution in [-0.2, 0) is 0 Å². The van der Waals surface area contributed by atoms with Gasteiger partial charge in [-0.1, -0.05) is 26.7 Å². The van der Waals surface area contributed by atoms with Gasteiger partial charge in [-0.25, -0.2) is 0 Å². The van der Waals surface area contributed by atoms with E-state index in [2.05, 4.69) is 37.9 Å². The van der Waals surface area contributed by atoms with E-state index in [4.69, 9.17) is 0 Å². The first kappa shape index (κ1) is 15.0. The predicted octanol–water partition coefficient (Wildman–Crippen LogP) is 3.28. The van der Waals surface area contributed by atoms with Crippen LogP contribution in [0.25, 0.3) is 0 Å². The fourth-order valence-electron chi connectivity index (χ4n) is 2.52. The molecule has 0 aromatic carbocycles. The van der Waals surface area contributed by atoms with Crippen LogP contribution in [0.2, 0.25) is 0 Å². The van der Waals surface area contributed by atoms with Crippen molar-refractivity contribution >= 4 is 0 Å². The maximum atomic E-state index is 3.68. The molecule has 1 saturated carbocycles. The molecule has 1 atom stereocenters. The van der Waals surface area contributed by atoms with E-state index in [0.717, 1.165) is 18.5 Å². The second-order valence-electron chi connectivity index (χ2n) is 5.80. The van der Waals surface area contributed by atoms with Crippen molar-refractivity contribution < 1.29 is 0 Å². The second-order valence-corrected chi connectivity index (χ2v) is 5.80. The maximum absolute atomic E-state index is 3.68. The summed E-state index contributed by atoms with van der Waals surface area (Å²) >= 11 is 0. The SMILES string of the molecule is CCCCCN(CC(NCC)C1CC1)C(C)C. The van der Waals surface area contributed by atoms with Crippen molar-refractivity contribution in [3.05, 3.63) is 0 Å². The molecular formula is C15H32N2. The second kappa shape index (κ2) is 8.10. The van der Waals surface area contributed by atoms with E-state index >= 15 is 0 Å². The molecule has 0 amide bonds. The summed E-state index contributed by atoms with van der Waals surface area (Å²) < 4.78 is 0. The predicted molar refractivity (Wildman–Crippen MR) is 76.4 cm³/mol. The fraction of sp³-hybridized carbons (Fsp3) is 1.00. The summed E-state index contributed by atoms with van der Waals surface area (Å²) in [6.07, 6.45) is 6.94. The number of hydrogen-bond donors (Lipinski definition) is 1. The Bertz CT molecular complexity index is 187. The third-order valence-electron chi connectivity index (χ3n) is 3.87. The number of rotatable bonds is 10. The molecule has 1 aliphatic carbocycles. The Morgan fingerprint density at radius 3 is 2.35 bits per heavy atom. The van der Waals surface area contributed by atoms with Crippen molar-refractivity contribution in [1.82, 2.24) is 10.2 Å². The molecule has 17 heavy (non-hydrogen) atoms. The van der Waals surface area contributed by atoms with Crippen molar-refractivity contribution in [3.8, 4) is 0 Å². The summed E-state index contributed by atoms with van der Waals surface area (Å²) in [7, 11) is 0. The first-order valence-electron chi connectivity index (χ1n) is 7.66. The highest BCUT2D eigenvalue weighted by molar-refractivity contribution is 4.88. The molecule has 2 heteroatoms. The highest BCUT2D eigenvalue weighted by atomic mass is 15.2. The van der Waals surface area contributed by atoms with Crippen molar-refractivity contribution in [1.29, 1.82) is 0 Å². The average Bonchev–Trinajstić information content (AvgIpc) is 3.10. The number of hydrogen-bond acceptors (Lipinski definition) is 2. The monoisotopic (exact) mass is 240 g/mol. The quantitative estimate of drug-likeness (QED) is 0.590. The van der Waals surface area contributed by atoms with Crippen LogP contribution in [-0.4, -0.2) is 36.6 Å². The van der Waals surface area contributed by atoms with Crippen LogP contribution in [0.5, 0.6) is 0 Å². The Balaban J connectivity index is 2.34. The fourth-order valence-corrected chi connectivity index (χ4v) is 2.52. The molecule has 1 N–H and O–H groups in total. The minimum Gasteiger partial charge on any atom is -0.313 e. The molecule has 0 radical (unpaired) electrons. The van der Waals surface area contributed by atoms with Crippen LogP contribution >= 0.6 is 0 Å². The minimum atomic E-state index is 0.687. The van der Waals surface area contributed by atoms with Crippen LogP contribution in [0.3, 0.4) is 0 Å². The summed E-state index contributed by atoms with van der Waals surface area (Å²) in [5.74, 6) is 0.961. The van der Waals surface area contributed by atoms with E-state index in [1.807, 2.05) is 0 Å². The molecule has 102 valence electrons. The molecule has 1 rings (SSSR count). The summed E-state index contributed by atoms with van der Waals surface area (Å²) in [5, 5.41) is 3.68. The highest BCUT2D eigenvalue weighted by Crippen LogP contribution is 2.33. The van der Waals surface area contributed by atoms with Crippen molar-refractivity contribution in [2.24, 2.45) is 5.92 Å². The first-order valence-corrected chi connectivity index (χ1v) is 7.66. The molecule has 0 bridgehead atoms. The lowest BCUT2D eigenvalue weighted by Crippen LogP contribution is -2.45. The summed E-state index contributed by atoms with van der Waals surface area (Å²) in [5.41, 5.74) is 0. The smallest absolute Gasteiger partial charge is 0.0223 e. The molecule has 1 aliphatic rings. The third-order valence-corrected chi connectivity index (χ3v) is 3.87. The Morgan fingerprint density at radius 1 is 1.18 bits per heavy atom. The van der Waals surface area contributed by atoms with Crippen LogP contribution < -0.4 is 5.32 Å². The van der Waals surface area contributed by atoms with E-state index in [1.165, 1.54) is 45.2 Å². The summed E-state index contributed by atoms with van der Waals surface area (Å²) in [6.45, 7) is 12.8. The average molecular weight is 240 g/mol. The van der Waals surface area contributed by atoms with Gasteiger partial charge in [0.25, 0.3) is 0 Å². The van der Waals surface area contributed by atoms with Gasteiger partial charge in [-0.15, -0.1) is 0 Å². The van der Waals surface area contributed by atoms with Crippen LogP contribution in [0, 0.1) is 5.92 Å². The van der Waals surface area contributed by atoms with Gasteiger partial charge in [-0.05, 0) is 52.1 Å². The Labute approximate surface area is 108 Å². The highest BCUT2D eigenvalue weighted by Gasteiger charge is 2.31. The number of nitrogens with one attached hydrogen (secondary N) is 1.